The van der Waals surface area contributed by atoms with Gasteiger partial charge in [-0.05, 0) is 78.9 Å². The number of carbonyl (C=O) groups is 2. The SMILES string of the molecule is CC(=O)CCCc1cccc(C[C@](NC(=O)c2ccc(F)c(C(F)(F)F)c2)(c2cc(F)cc(OC(F)(F)C(F)F)c2)c2ccc(Cl)cn2)c1. The number of ether oxygens (including phenoxy) is 1. The number of nitrogens with one attached hydrogen (secondary N) is 1. The Morgan fingerprint density at radius 1 is 0.918 bits per heavy atom. The second-order valence-electron chi connectivity index (χ2n) is 11.1. The van der Waals surface area contributed by atoms with Crippen LogP contribution in [-0.4, -0.2) is 29.2 Å². The van der Waals surface area contributed by atoms with E-state index in [1.165, 1.54) is 19.1 Å². The standard InChI is InChI=1S/C34H26ClF9N2O3/c1-19(47)4-2-5-20-6-3-7-21(12-20)17-32(29-11-9-24(35)18-45-29,23-14-25(36)16-26(15-23)49-34(43,44)31(38)39)46-30(48)22-8-10-28(37)27(13-22)33(40,41)42/h3,6-16,18,31H,2,4-5,17H2,1H3,(H,46,48)/t32-/m0/s1. The minimum Gasteiger partial charge on any atom is -0.428 e. The zero-order valence-corrected chi connectivity index (χ0v) is 26.1. The number of benzene rings is 3. The molecule has 1 atom stereocenters. The summed E-state index contributed by atoms with van der Waals surface area (Å²) in [6.07, 6.45) is -12.6. The molecule has 49 heavy (non-hydrogen) atoms. The highest BCUT2D eigenvalue weighted by Crippen LogP contribution is 2.38. The largest absolute Gasteiger partial charge is 0.461 e. The van der Waals surface area contributed by atoms with Crippen molar-refractivity contribution in [1.82, 2.24) is 10.3 Å². The number of rotatable bonds is 13. The first-order chi connectivity index (χ1) is 22.9. The van der Waals surface area contributed by atoms with Crippen LogP contribution in [0.25, 0.3) is 0 Å². The molecule has 0 fully saturated rings. The van der Waals surface area contributed by atoms with Gasteiger partial charge in [0.15, 0.2) is 0 Å². The molecule has 1 amide bonds. The fourth-order valence-electron chi connectivity index (χ4n) is 5.11. The summed E-state index contributed by atoms with van der Waals surface area (Å²) in [6, 6.07) is 12.5. The Labute approximate surface area is 279 Å². The van der Waals surface area contributed by atoms with E-state index < -0.39 is 64.2 Å². The molecule has 0 radical (unpaired) electrons. The predicted octanol–water partition coefficient (Wildman–Crippen LogP) is 9.10. The molecular weight excluding hydrogens is 691 g/mol. The average molecular weight is 717 g/mol. The molecule has 1 aromatic heterocycles. The van der Waals surface area contributed by atoms with Gasteiger partial charge in [0.25, 0.3) is 5.91 Å². The van der Waals surface area contributed by atoms with Crippen LogP contribution in [0.3, 0.4) is 0 Å². The Morgan fingerprint density at radius 2 is 1.63 bits per heavy atom. The molecule has 260 valence electrons. The molecule has 15 heteroatoms. The van der Waals surface area contributed by atoms with Crippen molar-refractivity contribution in [2.24, 2.45) is 0 Å². The molecule has 4 aromatic rings. The Bertz CT molecular complexity index is 1820. The van der Waals surface area contributed by atoms with Gasteiger partial charge >= 0.3 is 18.7 Å². The van der Waals surface area contributed by atoms with E-state index in [1.807, 2.05) is 0 Å². The maximum Gasteiger partial charge on any atom is 0.461 e. The number of amides is 1. The summed E-state index contributed by atoms with van der Waals surface area (Å²) in [5.41, 5.74) is -4.01. The van der Waals surface area contributed by atoms with Crippen molar-refractivity contribution in [3.8, 4) is 5.75 Å². The van der Waals surface area contributed by atoms with Gasteiger partial charge in [-0.15, -0.1) is 0 Å². The molecule has 0 saturated carbocycles. The van der Waals surface area contributed by atoms with Crippen molar-refractivity contribution < 1.29 is 53.8 Å². The van der Waals surface area contributed by atoms with Crippen molar-refractivity contribution in [3.05, 3.63) is 129 Å². The topological polar surface area (TPSA) is 68.3 Å². The number of hydrogen-bond acceptors (Lipinski definition) is 4. The molecule has 0 aliphatic rings. The average Bonchev–Trinajstić information content (AvgIpc) is 3.00. The van der Waals surface area contributed by atoms with Gasteiger partial charge in [-0.1, -0.05) is 35.9 Å². The molecule has 1 heterocycles. The van der Waals surface area contributed by atoms with Crippen LogP contribution in [0.2, 0.25) is 5.02 Å². The van der Waals surface area contributed by atoms with Crippen molar-refractivity contribution >= 4 is 23.3 Å². The second-order valence-corrected chi connectivity index (χ2v) is 11.5. The number of carbonyl (C=O) groups excluding carboxylic acids is 2. The van der Waals surface area contributed by atoms with Crippen LogP contribution in [0, 0.1) is 11.6 Å². The van der Waals surface area contributed by atoms with Crippen LogP contribution in [0.4, 0.5) is 39.5 Å². The summed E-state index contributed by atoms with van der Waals surface area (Å²) in [5, 5.41) is 2.61. The number of hydrogen-bond donors (Lipinski definition) is 1. The van der Waals surface area contributed by atoms with E-state index in [0.29, 0.717) is 30.5 Å². The van der Waals surface area contributed by atoms with Crippen molar-refractivity contribution in [2.45, 2.75) is 56.9 Å². The molecule has 1 N–H and O–H groups in total. The molecule has 0 aliphatic heterocycles. The van der Waals surface area contributed by atoms with Gasteiger partial charge in [0.05, 0.1) is 16.3 Å². The van der Waals surface area contributed by atoms with Crippen LogP contribution in [0.15, 0.2) is 79.0 Å². The van der Waals surface area contributed by atoms with Crippen molar-refractivity contribution in [1.29, 1.82) is 0 Å². The first-order valence-electron chi connectivity index (χ1n) is 14.4. The Balaban J connectivity index is 1.95. The van der Waals surface area contributed by atoms with Gasteiger partial charge in [0.2, 0.25) is 0 Å². The minimum atomic E-state index is -5.19. The van der Waals surface area contributed by atoms with Gasteiger partial charge in [-0.25, -0.2) is 8.78 Å². The molecule has 4 rings (SSSR count). The normalized spacial score (nSPS) is 13.2. The number of nitrogens with zero attached hydrogens (tertiary/aromatic N) is 1. The van der Waals surface area contributed by atoms with Crippen molar-refractivity contribution in [2.75, 3.05) is 0 Å². The maximum absolute atomic E-state index is 15.1. The van der Waals surface area contributed by atoms with E-state index in [4.69, 9.17) is 11.6 Å². The zero-order valence-electron chi connectivity index (χ0n) is 25.4. The molecule has 0 saturated heterocycles. The monoisotopic (exact) mass is 716 g/mol. The lowest BCUT2D eigenvalue weighted by Crippen LogP contribution is -2.49. The lowest BCUT2D eigenvalue weighted by molar-refractivity contribution is -0.253. The van der Waals surface area contributed by atoms with Crippen LogP contribution in [0.1, 0.15) is 58.1 Å². The third kappa shape index (κ3) is 9.31. The predicted molar refractivity (Wildman–Crippen MR) is 161 cm³/mol. The smallest absolute Gasteiger partial charge is 0.428 e. The zero-order chi connectivity index (χ0) is 36.1. The molecular formula is C34H26ClF9N2O3. The number of aryl methyl sites for hydroxylation is 1. The first-order valence-corrected chi connectivity index (χ1v) is 14.8. The van der Waals surface area contributed by atoms with Gasteiger partial charge in [-0.2, -0.15) is 30.7 Å². The molecule has 0 unspecified atom stereocenters. The van der Waals surface area contributed by atoms with Crippen LogP contribution in [-0.2, 0) is 29.4 Å². The number of aromatic nitrogens is 1. The highest BCUT2D eigenvalue weighted by atomic mass is 35.5. The van der Waals surface area contributed by atoms with Gasteiger partial charge in [0, 0.05) is 30.7 Å². The third-order valence-electron chi connectivity index (χ3n) is 7.35. The molecule has 3 aromatic carbocycles. The van der Waals surface area contributed by atoms with Crippen LogP contribution >= 0.6 is 11.6 Å². The summed E-state index contributed by atoms with van der Waals surface area (Å²) in [7, 11) is 0. The van der Waals surface area contributed by atoms with Gasteiger partial charge < -0.3 is 14.8 Å². The highest BCUT2D eigenvalue weighted by Gasteiger charge is 2.45. The highest BCUT2D eigenvalue weighted by molar-refractivity contribution is 6.30. The van der Waals surface area contributed by atoms with E-state index in [2.05, 4.69) is 15.0 Å². The maximum atomic E-state index is 15.1. The molecule has 0 spiro atoms. The van der Waals surface area contributed by atoms with E-state index in [0.717, 1.165) is 30.0 Å². The van der Waals surface area contributed by atoms with E-state index in [1.54, 1.807) is 24.3 Å². The second kappa shape index (κ2) is 14.9. The van der Waals surface area contributed by atoms with Gasteiger partial charge in [-0.3, -0.25) is 9.78 Å². The molecule has 5 nitrogen and oxygen atoms in total. The van der Waals surface area contributed by atoms with E-state index >= 15 is 4.39 Å². The molecule has 0 aliphatic carbocycles. The van der Waals surface area contributed by atoms with Crippen molar-refractivity contribution in [3.63, 3.8) is 0 Å². The third-order valence-corrected chi connectivity index (χ3v) is 7.58. The summed E-state index contributed by atoms with van der Waals surface area (Å²) < 4.78 is 128. The fourth-order valence-corrected chi connectivity index (χ4v) is 5.22. The summed E-state index contributed by atoms with van der Waals surface area (Å²) in [6.45, 7) is 1.43. The summed E-state index contributed by atoms with van der Waals surface area (Å²) >= 11 is 6.04. The summed E-state index contributed by atoms with van der Waals surface area (Å²) in [4.78, 5) is 29.5. The number of Topliss-reactive ketones (excluding diaryl/α,β-unsaturated/α-hetero) is 1. The minimum absolute atomic E-state index is 0.0392. The summed E-state index contributed by atoms with van der Waals surface area (Å²) in [5.74, 6) is -5.31. The number of pyridine rings is 1. The molecule has 0 bridgehead atoms. The number of ketones is 1. The Hall–Kier alpha value is -4.59. The lowest BCUT2D eigenvalue weighted by Gasteiger charge is -2.36. The van der Waals surface area contributed by atoms with E-state index in [-0.39, 0.29) is 35.4 Å². The van der Waals surface area contributed by atoms with E-state index in [9.17, 15) is 44.7 Å². The number of halogens is 10. The first kappa shape index (κ1) is 37.2. The Morgan fingerprint density at radius 3 is 2.27 bits per heavy atom. The fraction of sp³-hybridized carbons (Fsp3) is 0.265. The van der Waals surface area contributed by atoms with Gasteiger partial charge in [0.1, 0.15) is 28.7 Å². The van der Waals surface area contributed by atoms with Crippen LogP contribution < -0.4 is 10.1 Å². The Kier molecular flexibility index (Phi) is 11.3. The number of alkyl halides is 7. The lowest BCUT2D eigenvalue weighted by atomic mass is 9.79. The quantitative estimate of drug-likeness (QED) is 0.140. The van der Waals surface area contributed by atoms with Crippen LogP contribution in [0.5, 0.6) is 5.75 Å².